The maximum Gasteiger partial charge on any atom is 0.323 e. The smallest absolute Gasteiger partial charge is 0.323 e. The predicted molar refractivity (Wildman–Crippen MR) is 78.6 cm³/mol. The minimum absolute atomic E-state index is 0.191. The average molecular weight is 322 g/mol. The van der Waals surface area contributed by atoms with Crippen molar-refractivity contribution in [3.05, 3.63) is 29.5 Å². The molecule has 0 spiro atoms. The second kappa shape index (κ2) is 7.57. The second-order valence-corrected chi connectivity index (χ2v) is 5.25. The molecule has 0 aliphatic heterocycles. The Kier molecular flexibility index (Phi) is 5.50. The van der Waals surface area contributed by atoms with E-state index in [0.29, 0.717) is 15.7 Å². The highest BCUT2D eigenvalue weighted by Gasteiger charge is 2.21. The van der Waals surface area contributed by atoms with Crippen LogP contribution in [0.3, 0.4) is 0 Å². The lowest BCUT2D eigenvalue weighted by Crippen LogP contribution is -2.37. The number of aromatic nitrogens is 3. The summed E-state index contributed by atoms with van der Waals surface area (Å²) in [6.07, 6.45) is 4.57. The lowest BCUT2D eigenvalue weighted by molar-refractivity contribution is -0.137. The lowest BCUT2D eigenvalue weighted by Gasteiger charge is -2.19. The van der Waals surface area contributed by atoms with Crippen LogP contribution in [-0.2, 0) is 9.53 Å². The molecule has 0 aromatic carbocycles. The number of ether oxygens (including phenoxy) is 1. The number of carbonyl (C=O) groups is 2. The number of aliphatic carboxylic acids is 1. The fraction of sp³-hybridized carbons (Fsp3) is 0.308. The van der Waals surface area contributed by atoms with Gasteiger partial charge in [-0.15, -0.1) is 11.3 Å². The van der Waals surface area contributed by atoms with Gasteiger partial charge >= 0.3 is 5.97 Å². The molecule has 0 fully saturated rings. The van der Waals surface area contributed by atoms with Gasteiger partial charge in [-0.2, -0.15) is 0 Å². The summed E-state index contributed by atoms with van der Waals surface area (Å²) in [5, 5.41) is 9.40. The van der Waals surface area contributed by atoms with Crippen molar-refractivity contribution < 1.29 is 19.4 Å². The van der Waals surface area contributed by atoms with Gasteiger partial charge in [0.05, 0.1) is 12.8 Å². The Morgan fingerprint density at radius 1 is 1.32 bits per heavy atom. The normalized spacial score (nSPS) is 10.4. The third-order valence-electron chi connectivity index (χ3n) is 2.65. The van der Waals surface area contributed by atoms with Gasteiger partial charge in [-0.25, -0.2) is 15.0 Å². The first-order valence-corrected chi connectivity index (χ1v) is 7.16. The number of methoxy groups -OCH3 is 1. The molecule has 116 valence electrons. The average Bonchev–Trinajstić information content (AvgIpc) is 3.01. The Bertz CT molecular complexity index is 646. The molecule has 0 aliphatic carbocycles. The first kappa shape index (κ1) is 16.0. The van der Waals surface area contributed by atoms with Gasteiger partial charge < -0.3 is 14.7 Å². The van der Waals surface area contributed by atoms with Crippen molar-refractivity contribution in [2.24, 2.45) is 0 Å². The first-order chi connectivity index (χ1) is 10.6. The van der Waals surface area contributed by atoms with Crippen LogP contribution in [0.1, 0.15) is 9.67 Å². The van der Waals surface area contributed by atoms with Crippen LogP contribution in [0.15, 0.2) is 24.7 Å². The zero-order valence-corrected chi connectivity index (χ0v) is 12.6. The molecule has 0 bridgehead atoms. The maximum absolute atomic E-state index is 12.4. The van der Waals surface area contributed by atoms with Crippen LogP contribution in [0.2, 0.25) is 0 Å². The van der Waals surface area contributed by atoms with Gasteiger partial charge in [0, 0.05) is 26.0 Å². The summed E-state index contributed by atoms with van der Waals surface area (Å²) in [4.78, 5) is 37.0. The van der Waals surface area contributed by atoms with Crippen LogP contribution < -0.4 is 0 Å². The molecular weight excluding hydrogens is 308 g/mol. The van der Waals surface area contributed by atoms with Crippen LogP contribution in [0.5, 0.6) is 0 Å². The van der Waals surface area contributed by atoms with Crippen LogP contribution in [-0.4, -0.2) is 63.6 Å². The van der Waals surface area contributed by atoms with E-state index in [1.165, 1.54) is 18.2 Å². The number of amides is 1. The molecule has 2 rings (SSSR count). The summed E-state index contributed by atoms with van der Waals surface area (Å²) in [6.45, 7) is 0.0560. The molecule has 2 heterocycles. The molecule has 0 aliphatic rings. The number of hydrogen-bond donors (Lipinski definition) is 1. The van der Waals surface area contributed by atoms with E-state index in [1.54, 1.807) is 18.5 Å². The molecule has 0 saturated carbocycles. The van der Waals surface area contributed by atoms with Crippen LogP contribution >= 0.6 is 11.3 Å². The van der Waals surface area contributed by atoms with E-state index in [-0.39, 0.29) is 13.2 Å². The highest BCUT2D eigenvalue weighted by Crippen LogP contribution is 2.22. The summed E-state index contributed by atoms with van der Waals surface area (Å²) in [5.74, 6) is -1.06. The lowest BCUT2D eigenvalue weighted by atomic mass is 10.4. The quantitative estimate of drug-likeness (QED) is 0.802. The van der Waals surface area contributed by atoms with Gasteiger partial charge in [0.15, 0.2) is 10.8 Å². The first-order valence-electron chi connectivity index (χ1n) is 6.35. The Morgan fingerprint density at radius 3 is 2.68 bits per heavy atom. The fourth-order valence-electron chi connectivity index (χ4n) is 1.66. The van der Waals surface area contributed by atoms with Crippen molar-refractivity contribution in [1.29, 1.82) is 0 Å². The summed E-state index contributed by atoms with van der Waals surface area (Å²) < 4.78 is 4.90. The van der Waals surface area contributed by atoms with Crippen LogP contribution in [0.4, 0.5) is 0 Å². The number of hydrogen-bond acceptors (Lipinski definition) is 7. The molecular formula is C13H14N4O4S. The largest absolute Gasteiger partial charge is 0.480 e. The highest BCUT2D eigenvalue weighted by molar-refractivity contribution is 7.16. The Hall–Kier alpha value is -2.39. The fourth-order valence-corrected chi connectivity index (χ4v) is 2.49. The second-order valence-electron chi connectivity index (χ2n) is 4.22. The minimum Gasteiger partial charge on any atom is -0.480 e. The Morgan fingerprint density at radius 2 is 2.05 bits per heavy atom. The van der Waals surface area contributed by atoms with Gasteiger partial charge in [-0.1, -0.05) is 0 Å². The van der Waals surface area contributed by atoms with E-state index in [4.69, 9.17) is 9.84 Å². The zero-order valence-electron chi connectivity index (χ0n) is 11.8. The number of carbonyl (C=O) groups excluding carboxylic acids is 1. The minimum atomic E-state index is -1.08. The van der Waals surface area contributed by atoms with Crippen LogP contribution in [0, 0.1) is 0 Å². The standard InChI is InChI=1S/C13H14N4O4S/c1-21-6-5-17(8-10(18)19)13(20)9-7-16-12(22-9)11-14-3-2-4-15-11/h2-4,7H,5-6,8H2,1H3,(H,18,19). The van der Waals surface area contributed by atoms with Crippen LogP contribution in [0.25, 0.3) is 10.8 Å². The Balaban J connectivity index is 2.16. The molecule has 0 atom stereocenters. The zero-order chi connectivity index (χ0) is 15.9. The topological polar surface area (TPSA) is 106 Å². The van der Waals surface area contributed by atoms with Crippen molar-refractivity contribution >= 4 is 23.2 Å². The number of nitrogens with zero attached hydrogens (tertiary/aromatic N) is 4. The van der Waals surface area contributed by atoms with Crippen molar-refractivity contribution in [2.45, 2.75) is 0 Å². The number of thiazole rings is 1. The predicted octanol–water partition coefficient (Wildman–Crippen LogP) is 0.773. The van der Waals surface area contributed by atoms with Gasteiger partial charge in [0.1, 0.15) is 11.4 Å². The molecule has 0 unspecified atom stereocenters. The van der Waals surface area contributed by atoms with E-state index in [0.717, 1.165) is 11.3 Å². The molecule has 1 amide bonds. The van der Waals surface area contributed by atoms with Gasteiger partial charge in [0.2, 0.25) is 0 Å². The van der Waals surface area contributed by atoms with E-state index in [9.17, 15) is 9.59 Å². The highest BCUT2D eigenvalue weighted by atomic mass is 32.1. The summed E-state index contributed by atoms with van der Waals surface area (Å²) in [7, 11) is 1.49. The number of carboxylic acid groups (broad SMARTS) is 1. The van der Waals surface area contributed by atoms with Crippen molar-refractivity contribution in [3.63, 3.8) is 0 Å². The van der Waals surface area contributed by atoms with Gasteiger partial charge in [0.25, 0.3) is 5.91 Å². The van der Waals surface area contributed by atoms with Crippen molar-refractivity contribution in [3.8, 4) is 10.8 Å². The van der Waals surface area contributed by atoms with Gasteiger partial charge in [-0.05, 0) is 6.07 Å². The van der Waals surface area contributed by atoms with Crippen molar-refractivity contribution in [2.75, 3.05) is 26.8 Å². The molecule has 8 nitrogen and oxygen atoms in total. The summed E-state index contributed by atoms with van der Waals surface area (Å²) >= 11 is 1.12. The third kappa shape index (κ3) is 4.06. The third-order valence-corrected chi connectivity index (χ3v) is 3.63. The molecule has 9 heteroatoms. The molecule has 0 saturated heterocycles. The molecule has 1 N–H and O–H groups in total. The van der Waals surface area contributed by atoms with Crippen molar-refractivity contribution in [1.82, 2.24) is 19.9 Å². The number of carboxylic acids is 1. The van der Waals surface area contributed by atoms with E-state index < -0.39 is 18.4 Å². The SMILES string of the molecule is COCCN(CC(=O)O)C(=O)c1cnc(-c2ncccn2)s1. The molecule has 2 aromatic heterocycles. The monoisotopic (exact) mass is 322 g/mol. The number of rotatable bonds is 7. The maximum atomic E-state index is 12.4. The Labute approximate surface area is 130 Å². The molecule has 0 radical (unpaired) electrons. The molecule has 22 heavy (non-hydrogen) atoms. The summed E-state index contributed by atoms with van der Waals surface area (Å²) in [6, 6.07) is 1.68. The summed E-state index contributed by atoms with van der Waals surface area (Å²) in [5.41, 5.74) is 0. The van der Waals surface area contributed by atoms with E-state index >= 15 is 0 Å². The van der Waals surface area contributed by atoms with E-state index in [1.807, 2.05) is 0 Å². The molecule has 2 aromatic rings. The van der Waals surface area contributed by atoms with E-state index in [2.05, 4.69) is 15.0 Å². The van der Waals surface area contributed by atoms with Gasteiger partial charge in [-0.3, -0.25) is 9.59 Å².